The van der Waals surface area contributed by atoms with Crippen LogP contribution in [0.4, 0.5) is 5.00 Å². The number of halogens is 1. The van der Waals surface area contributed by atoms with E-state index in [1.165, 1.54) is 16.9 Å². The van der Waals surface area contributed by atoms with E-state index in [-0.39, 0.29) is 5.97 Å². The first-order valence-electron chi connectivity index (χ1n) is 9.11. The first-order valence-corrected chi connectivity index (χ1v) is 10.7. The topological polar surface area (TPSA) is 68.2 Å². The molecule has 0 amide bonds. The predicted molar refractivity (Wildman–Crippen MR) is 121 cm³/mol. The van der Waals surface area contributed by atoms with Crippen molar-refractivity contribution >= 4 is 51.2 Å². The Hall–Kier alpha value is -2.42. The van der Waals surface area contributed by atoms with Crippen molar-refractivity contribution in [3.63, 3.8) is 0 Å². The van der Waals surface area contributed by atoms with Gasteiger partial charge in [-0.05, 0) is 30.8 Å². The summed E-state index contributed by atoms with van der Waals surface area (Å²) in [5, 5.41) is 12.1. The molecule has 2 aromatic heterocycles. The van der Waals surface area contributed by atoms with Gasteiger partial charge in [0, 0.05) is 24.0 Å². The lowest BCUT2D eigenvalue weighted by Crippen LogP contribution is -2.31. The fourth-order valence-electron chi connectivity index (χ4n) is 2.67. The summed E-state index contributed by atoms with van der Waals surface area (Å²) in [7, 11) is 0. The normalized spacial score (nSPS) is 10.6. The highest BCUT2D eigenvalue weighted by atomic mass is 35.5. The van der Waals surface area contributed by atoms with Crippen molar-refractivity contribution in [2.24, 2.45) is 0 Å². The Balaban J connectivity index is 1.65. The highest BCUT2D eigenvalue weighted by Crippen LogP contribution is 2.30. The van der Waals surface area contributed by atoms with Crippen LogP contribution in [-0.2, 0) is 17.7 Å². The van der Waals surface area contributed by atoms with Crippen molar-refractivity contribution in [3.05, 3.63) is 69.8 Å². The van der Waals surface area contributed by atoms with Crippen molar-refractivity contribution in [1.29, 1.82) is 0 Å². The third-order valence-electron chi connectivity index (χ3n) is 3.95. The van der Waals surface area contributed by atoms with Crippen molar-refractivity contribution < 1.29 is 9.53 Å². The second-order valence-electron chi connectivity index (χ2n) is 6.14. The molecule has 0 aliphatic rings. The lowest BCUT2D eigenvalue weighted by Gasteiger charge is -2.10. The summed E-state index contributed by atoms with van der Waals surface area (Å²) in [4.78, 5) is 13.4. The molecule has 0 atom stereocenters. The van der Waals surface area contributed by atoms with Gasteiger partial charge in [0.25, 0.3) is 0 Å². The number of rotatable bonds is 8. The summed E-state index contributed by atoms with van der Waals surface area (Å²) in [6, 6.07) is 12.0. The number of benzene rings is 1. The van der Waals surface area contributed by atoms with E-state index in [4.69, 9.17) is 28.6 Å². The first kappa shape index (κ1) is 21.3. The molecule has 0 radical (unpaired) electrons. The maximum atomic E-state index is 12.4. The third kappa shape index (κ3) is 6.28. The molecular weight excluding hydrogens is 428 g/mol. The van der Waals surface area contributed by atoms with Crippen LogP contribution < -0.4 is 10.6 Å². The second kappa shape index (κ2) is 10.4. The van der Waals surface area contributed by atoms with Crippen molar-refractivity contribution in [2.75, 3.05) is 18.5 Å². The Labute approximate surface area is 183 Å². The van der Waals surface area contributed by atoms with Gasteiger partial charge >= 0.3 is 5.97 Å². The van der Waals surface area contributed by atoms with E-state index in [1.54, 1.807) is 24.0 Å². The van der Waals surface area contributed by atoms with E-state index in [1.807, 2.05) is 24.3 Å². The predicted octanol–water partition coefficient (Wildman–Crippen LogP) is 4.35. The number of thiocarbonyl (C=S) groups is 1. The monoisotopic (exact) mass is 448 g/mol. The molecule has 29 heavy (non-hydrogen) atoms. The molecule has 2 heterocycles. The number of nitrogens with zero attached hydrogens (tertiary/aromatic N) is 2. The highest BCUT2D eigenvalue weighted by Gasteiger charge is 2.18. The van der Waals surface area contributed by atoms with Gasteiger partial charge in [-0.15, -0.1) is 11.3 Å². The Morgan fingerprint density at radius 2 is 2.14 bits per heavy atom. The van der Waals surface area contributed by atoms with Gasteiger partial charge in [0.15, 0.2) is 5.11 Å². The van der Waals surface area contributed by atoms with Crippen molar-refractivity contribution in [1.82, 2.24) is 15.1 Å². The molecule has 0 aliphatic carbocycles. The number of thiophene rings is 1. The smallest absolute Gasteiger partial charge is 0.341 e. The highest BCUT2D eigenvalue weighted by molar-refractivity contribution is 7.80. The zero-order valence-corrected chi connectivity index (χ0v) is 18.2. The van der Waals surface area contributed by atoms with Crippen LogP contribution >= 0.6 is 35.2 Å². The molecule has 0 bridgehead atoms. The Morgan fingerprint density at radius 1 is 1.34 bits per heavy atom. The number of aromatic nitrogens is 2. The zero-order chi connectivity index (χ0) is 20.6. The minimum atomic E-state index is -0.362. The Morgan fingerprint density at radius 3 is 2.83 bits per heavy atom. The van der Waals surface area contributed by atoms with E-state index in [0.717, 1.165) is 11.3 Å². The molecule has 3 rings (SSSR count). The van der Waals surface area contributed by atoms with Crippen molar-refractivity contribution in [3.8, 4) is 0 Å². The number of carbonyl (C=O) groups is 1. The maximum absolute atomic E-state index is 12.4. The summed E-state index contributed by atoms with van der Waals surface area (Å²) < 4.78 is 6.92. The molecule has 9 heteroatoms. The lowest BCUT2D eigenvalue weighted by atomic mass is 10.1. The van der Waals surface area contributed by atoms with Gasteiger partial charge in [0.1, 0.15) is 5.00 Å². The first-order chi connectivity index (χ1) is 14.0. The number of ether oxygens (including phenoxy) is 1. The minimum absolute atomic E-state index is 0.317. The fourth-order valence-corrected chi connectivity index (χ4v) is 4.18. The molecule has 0 saturated carbocycles. The van der Waals surface area contributed by atoms with Gasteiger partial charge in [-0.25, -0.2) is 4.79 Å². The molecule has 0 spiro atoms. The van der Waals surface area contributed by atoms with Gasteiger partial charge < -0.3 is 15.4 Å². The number of carbonyl (C=O) groups excluding carboxylic acids is 1. The number of hydrogen-bond acceptors (Lipinski definition) is 5. The second-order valence-corrected chi connectivity index (χ2v) is 8.12. The largest absolute Gasteiger partial charge is 0.462 e. The van der Waals surface area contributed by atoms with E-state index < -0.39 is 0 Å². The number of esters is 1. The zero-order valence-electron chi connectivity index (χ0n) is 15.9. The molecule has 2 N–H and O–H groups in total. The number of hydrogen-bond donors (Lipinski definition) is 2. The molecule has 152 valence electrons. The lowest BCUT2D eigenvalue weighted by molar-refractivity contribution is 0.0528. The SMILES string of the molecule is CCOC(=O)c1cc(Cc2ccccc2)sc1NC(=S)NCCn1cc(Cl)cn1. The van der Waals surface area contributed by atoms with Crippen LogP contribution in [0, 0.1) is 0 Å². The minimum Gasteiger partial charge on any atom is -0.462 e. The summed E-state index contributed by atoms with van der Waals surface area (Å²) in [5.74, 6) is -0.362. The summed E-state index contributed by atoms with van der Waals surface area (Å²) in [6.07, 6.45) is 4.07. The average Bonchev–Trinajstić information content (AvgIpc) is 3.29. The molecule has 1 aromatic carbocycles. The molecule has 0 unspecified atom stereocenters. The summed E-state index contributed by atoms with van der Waals surface area (Å²) >= 11 is 12.7. The molecular formula is C20H21ClN4O2S2. The van der Waals surface area contributed by atoms with E-state index in [9.17, 15) is 4.79 Å². The molecule has 3 aromatic rings. The van der Waals surface area contributed by atoms with Crippen LogP contribution in [0.25, 0.3) is 0 Å². The number of anilines is 1. The van der Waals surface area contributed by atoms with Crippen LogP contribution in [0.3, 0.4) is 0 Å². The average molecular weight is 449 g/mol. The van der Waals surface area contributed by atoms with E-state index in [0.29, 0.717) is 40.4 Å². The van der Waals surface area contributed by atoms with Crippen molar-refractivity contribution in [2.45, 2.75) is 19.9 Å². The summed E-state index contributed by atoms with van der Waals surface area (Å²) in [5.41, 5.74) is 1.67. The quantitative estimate of drug-likeness (QED) is 0.394. The van der Waals surface area contributed by atoms with Crippen LogP contribution in [0.15, 0.2) is 48.8 Å². The van der Waals surface area contributed by atoms with Gasteiger partial charge in [0.05, 0.1) is 29.9 Å². The van der Waals surface area contributed by atoms with Crippen LogP contribution in [-0.4, -0.2) is 34.0 Å². The van der Waals surface area contributed by atoms with Crippen LogP contribution in [0.2, 0.25) is 5.02 Å². The molecule has 0 aliphatic heterocycles. The van der Waals surface area contributed by atoms with Crippen LogP contribution in [0.1, 0.15) is 27.7 Å². The van der Waals surface area contributed by atoms with Gasteiger partial charge in [-0.2, -0.15) is 5.10 Å². The van der Waals surface area contributed by atoms with Crippen LogP contribution in [0.5, 0.6) is 0 Å². The summed E-state index contributed by atoms with van der Waals surface area (Å²) in [6.45, 7) is 3.29. The standard InChI is InChI=1S/C20H21ClN4O2S2/c1-2-27-19(26)17-11-16(10-14-6-4-3-5-7-14)29-18(17)24-20(28)22-8-9-25-13-15(21)12-23-25/h3-7,11-13H,2,8-10H2,1H3,(H2,22,24,28). The Kier molecular flexibility index (Phi) is 7.62. The third-order valence-corrected chi connectivity index (χ3v) is 5.45. The number of nitrogens with one attached hydrogen (secondary N) is 2. The van der Waals surface area contributed by atoms with Gasteiger partial charge in [0.2, 0.25) is 0 Å². The molecule has 0 fully saturated rings. The van der Waals surface area contributed by atoms with Gasteiger partial charge in [-0.3, -0.25) is 4.68 Å². The van der Waals surface area contributed by atoms with E-state index in [2.05, 4.69) is 27.9 Å². The van der Waals surface area contributed by atoms with Gasteiger partial charge in [-0.1, -0.05) is 41.9 Å². The molecule has 0 saturated heterocycles. The fraction of sp³-hybridized carbons (Fsp3) is 0.250. The van der Waals surface area contributed by atoms with E-state index >= 15 is 0 Å². The maximum Gasteiger partial charge on any atom is 0.341 e. The Bertz CT molecular complexity index is 972. The molecule has 6 nitrogen and oxygen atoms in total.